The average molecular weight is 307 g/mol. The van der Waals surface area contributed by atoms with Crippen molar-refractivity contribution in [3.05, 3.63) is 29.8 Å². The van der Waals surface area contributed by atoms with Gasteiger partial charge < -0.3 is 15.8 Å². The van der Waals surface area contributed by atoms with E-state index in [-0.39, 0.29) is 24.0 Å². The number of hydrogen-bond donors (Lipinski definition) is 2. The van der Waals surface area contributed by atoms with Gasteiger partial charge in [-0.05, 0) is 26.0 Å². The Kier molecular flexibility index (Phi) is 4.13. The molecule has 6 nitrogen and oxygen atoms in total. The standard InChI is InChI=1S/C14H17N3O3S/c1-14(2)12(18)17(13(19)16-14)7-8-20-10-6-4-3-5-9(10)11(15)21/h3-6H,7-8H2,1-2H3,(H2,15,21)(H,16,19). The quantitative estimate of drug-likeness (QED) is 0.627. The molecule has 0 atom stereocenters. The highest BCUT2D eigenvalue weighted by Crippen LogP contribution is 2.19. The number of ether oxygens (including phenoxy) is 1. The number of nitrogens with two attached hydrogens (primary N) is 1. The number of hydrogen-bond acceptors (Lipinski definition) is 4. The molecular weight excluding hydrogens is 290 g/mol. The smallest absolute Gasteiger partial charge is 0.325 e. The van der Waals surface area contributed by atoms with Gasteiger partial charge in [0.1, 0.15) is 22.9 Å². The zero-order chi connectivity index (χ0) is 15.6. The van der Waals surface area contributed by atoms with Crippen LogP contribution in [0, 0.1) is 0 Å². The van der Waals surface area contributed by atoms with Gasteiger partial charge in [-0.3, -0.25) is 9.69 Å². The second-order valence-corrected chi connectivity index (χ2v) is 5.66. The molecule has 1 aliphatic rings. The first kappa shape index (κ1) is 15.2. The van der Waals surface area contributed by atoms with Crippen LogP contribution in [-0.2, 0) is 4.79 Å². The predicted molar refractivity (Wildman–Crippen MR) is 82.1 cm³/mol. The van der Waals surface area contributed by atoms with Gasteiger partial charge in [-0.25, -0.2) is 4.79 Å². The first-order valence-corrected chi connectivity index (χ1v) is 6.89. The average Bonchev–Trinajstić information content (AvgIpc) is 2.61. The molecule has 1 heterocycles. The number of benzene rings is 1. The SMILES string of the molecule is CC1(C)NC(=O)N(CCOc2ccccc2C(N)=S)C1=O. The molecule has 0 aromatic heterocycles. The largest absolute Gasteiger partial charge is 0.491 e. The maximum atomic E-state index is 12.0. The summed E-state index contributed by atoms with van der Waals surface area (Å²) >= 11 is 4.94. The van der Waals surface area contributed by atoms with Gasteiger partial charge in [-0.2, -0.15) is 0 Å². The van der Waals surface area contributed by atoms with Crippen molar-refractivity contribution in [2.75, 3.05) is 13.2 Å². The first-order valence-electron chi connectivity index (χ1n) is 6.48. The number of thiocarbonyl (C=S) groups is 1. The van der Waals surface area contributed by atoms with Crippen LogP contribution in [0.25, 0.3) is 0 Å². The number of imide groups is 1. The van der Waals surface area contributed by atoms with E-state index in [1.54, 1.807) is 38.1 Å². The number of urea groups is 1. The molecule has 1 aromatic carbocycles. The van der Waals surface area contributed by atoms with E-state index in [1.807, 2.05) is 0 Å². The Hall–Kier alpha value is -2.15. The lowest BCUT2D eigenvalue weighted by molar-refractivity contribution is -0.130. The highest BCUT2D eigenvalue weighted by molar-refractivity contribution is 7.80. The number of nitrogens with zero attached hydrogens (tertiary/aromatic N) is 1. The molecule has 1 aromatic rings. The number of carbonyl (C=O) groups excluding carboxylic acids is 2. The van der Waals surface area contributed by atoms with Crippen LogP contribution in [0.1, 0.15) is 19.4 Å². The summed E-state index contributed by atoms with van der Waals surface area (Å²) < 4.78 is 5.58. The van der Waals surface area contributed by atoms with Gasteiger partial charge in [0.25, 0.3) is 5.91 Å². The van der Waals surface area contributed by atoms with Crippen LogP contribution >= 0.6 is 12.2 Å². The van der Waals surface area contributed by atoms with Crippen LogP contribution in [0.5, 0.6) is 5.75 Å². The van der Waals surface area contributed by atoms with Crippen molar-refractivity contribution >= 4 is 29.1 Å². The molecule has 3 amide bonds. The van der Waals surface area contributed by atoms with Crippen LogP contribution in [0.15, 0.2) is 24.3 Å². The third kappa shape index (κ3) is 3.13. The number of carbonyl (C=O) groups is 2. The van der Waals surface area contributed by atoms with Gasteiger partial charge >= 0.3 is 6.03 Å². The lowest BCUT2D eigenvalue weighted by Gasteiger charge is -2.17. The van der Waals surface area contributed by atoms with Crippen molar-refractivity contribution in [2.24, 2.45) is 5.73 Å². The molecule has 21 heavy (non-hydrogen) atoms. The van der Waals surface area contributed by atoms with E-state index in [0.717, 1.165) is 4.90 Å². The molecular formula is C14H17N3O3S. The molecule has 1 fully saturated rings. The van der Waals surface area contributed by atoms with Crippen molar-refractivity contribution in [1.29, 1.82) is 0 Å². The van der Waals surface area contributed by atoms with E-state index in [2.05, 4.69) is 5.32 Å². The second kappa shape index (κ2) is 5.69. The molecule has 0 unspecified atom stereocenters. The summed E-state index contributed by atoms with van der Waals surface area (Å²) in [6.07, 6.45) is 0. The molecule has 2 rings (SSSR count). The highest BCUT2D eigenvalue weighted by Gasteiger charge is 2.43. The van der Waals surface area contributed by atoms with Crippen LogP contribution in [0.2, 0.25) is 0 Å². The predicted octanol–water partition coefficient (Wildman–Crippen LogP) is 1.03. The van der Waals surface area contributed by atoms with E-state index < -0.39 is 11.6 Å². The molecule has 0 aliphatic carbocycles. The third-order valence-corrected chi connectivity index (χ3v) is 3.39. The van der Waals surface area contributed by atoms with Crippen LogP contribution in [0.3, 0.4) is 0 Å². The molecule has 112 valence electrons. The Bertz CT molecular complexity index is 601. The Morgan fingerprint density at radius 1 is 1.38 bits per heavy atom. The molecule has 7 heteroatoms. The minimum atomic E-state index is -0.867. The van der Waals surface area contributed by atoms with Crippen molar-refractivity contribution in [2.45, 2.75) is 19.4 Å². The molecule has 0 radical (unpaired) electrons. The first-order chi connectivity index (χ1) is 9.83. The van der Waals surface area contributed by atoms with E-state index in [4.69, 9.17) is 22.7 Å². The van der Waals surface area contributed by atoms with Crippen LogP contribution < -0.4 is 15.8 Å². The van der Waals surface area contributed by atoms with Crippen molar-refractivity contribution in [3.63, 3.8) is 0 Å². The van der Waals surface area contributed by atoms with Gasteiger partial charge in [0.2, 0.25) is 0 Å². The Morgan fingerprint density at radius 3 is 2.62 bits per heavy atom. The van der Waals surface area contributed by atoms with Crippen molar-refractivity contribution in [3.8, 4) is 5.75 Å². The summed E-state index contributed by atoms with van der Waals surface area (Å²) in [5, 5.41) is 2.61. The van der Waals surface area contributed by atoms with E-state index in [1.165, 1.54) is 0 Å². The van der Waals surface area contributed by atoms with Gasteiger partial charge in [0.05, 0.1) is 12.1 Å². The zero-order valence-corrected chi connectivity index (χ0v) is 12.7. The lowest BCUT2D eigenvalue weighted by atomic mass is 10.1. The monoisotopic (exact) mass is 307 g/mol. The van der Waals surface area contributed by atoms with E-state index in [0.29, 0.717) is 11.3 Å². The number of para-hydroxylation sites is 1. The Labute approximate surface area is 128 Å². The molecule has 1 aliphatic heterocycles. The second-order valence-electron chi connectivity index (χ2n) is 5.22. The third-order valence-electron chi connectivity index (χ3n) is 3.17. The molecule has 0 bridgehead atoms. The Morgan fingerprint density at radius 2 is 2.05 bits per heavy atom. The number of nitrogens with one attached hydrogen (secondary N) is 1. The maximum absolute atomic E-state index is 12.0. The summed E-state index contributed by atoms with van der Waals surface area (Å²) in [7, 11) is 0. The maximum Gasteiger partial charge on any atom is 0.325 e. The molecule has 1 saturated heterocycles. The van der Waals surface area contributed by atoms with Gasteiger partial charge in [-0.1, -0.05) is 24.4 Å². The van der Waals surface area contributed by atoms with Gasteiger partial charge in [0, 0.05) is 0 Å². The van der Waals surface area contributed by atoms with Crippen molar-refractivity contribution < 1.29 is 14.3 Å². The fraction of sp³-hybridized carbons (Fsp3) is 0.357. The fourth-order valence-corrected chi connectivity index (χ4v) is 2.23. The van der Waals surface area contributed by atoms with Crippen LogP contribution in [0.4, 0.5) is 4.79 Å². The van der Waals surface area contributed by atoms with E-state index in [9.17, 15) is 9.59 Å². The van der Waals surface area contributed by atoms with Gasteiger partial charge in [0.15, 0.2) is 0 Å². The van der Waals surface area contributed by atoms with Gasteiger partial charge in [-0.15, -0.1) is 0 Å². The minimum Gasteiger partial charge on any atom is -0.491 e. The van der Waals surface area contributed by atoms with E-state index >= 15 is 0 Å². The summed E-state index contributed by atoms with van der Waals surface area (Å²) in [5.41, 5.74) is 5.37. The molecule has 0 spiro atoms. The normalized spacial score (nSPS) is 16.8. The van der Waals surface area contributed by atoms with Crippen LogP contribution in [-0.4, -0.2) is 40.5 Å². The molecule has 3 N–H and O–H groups in total. The Balaban J connectivity index is 1.98. The molecule has 0 saturated carbocycles. The summed E-state index contributed by atoms with van der Waals surface area (Å²) in [4.78, 5) is 25.1. The zero-order valence-electron chi connectivity index (χ0n) is 11.9. The number of rotatable bonds is 5. The summed E-state index contributed by atoms with van der Waals surface area (Å²) in [6, 6.07) is 6.70. The fourth-order valence-electron chi connectivity index (χ4n) is 2.06. The highest BCUT2D eigenvalue weighted by atomic mass is 32.1. The summed E-state index contributed by atoms with van der Waals surface area (Å²) in [5.74, 6) is 0.273. The number of amides is 3. The topological polar surface area (TPSA) is 84.7 Å². The van der Waals surface area contributed by atoms with Crippen molar-refractivity contribution in [1.82, 2.24) is 10.2 Å². The minimum absolute atomic E-state index is 0.166. The summed E-state index contributed by atoms with van der Waals surface area (Å²) in [6.45, 7) is 3.67. The lowest BCUT2D eigenvalue weighted by Crippen LogP contribution is -2.40.